The van der Waals surface area contributed by atoms with Crippen molar-refractivity contribution in [3.05, 3.63) is 0 Å². The summed E-state index contributed by atoms with van der Waals surface area (Å²) in [5, 5.41) is 0. The number of rotatable bonds is 4. The number of hydrogen-bond acceptors (Lipinski definition) is 1. The maximum atomic E-state index is 5.15. The molecule has 0 atom stereocenters. The molecule has 0 aromatic rings. The first-order chi connectivity index (χ1) is 13.3. The highest BCUT2D eigenvalue weighted by Crippen LogP contribution is 2.56. The Kier molecular flexibility index (Phi) is 6.07. The van der Waals surface area contributed by atoms with E-state index in [0.717, 1.165) is 57.1 Å². The van der Waals surface area contributed by atoms with Crippen LogP contribution in [0.25, 0.3) is 0 Å². The van der Waals surface area contributed by atoms with Crippen LogP contribution in [0.5, 0.6) is 0 Å². The molecule has 0 unspecified atom stereocenters. The standard InChI is InChI=1S/C17H35N10P/c1-8-18-28(19-15-22(2)9-10-23(15)3,20-16-24(4)11-12-25(16)5)21-17-26(6)13-14-27(17)7/h8-14H2,1-7H3. The van der Waals surface area contributed by atoms with Gasteiger partial charge in [-0.15, -0.1) is 0 Å². The third-order valence-electron chi connectivity index (χ3n) is 5.36. The van der Waals surface area contributed by atoms with Gasteiger partial charge in [0.25, 0.3) is 0 Å². The van der Waals surface area contributed by atoms with Crippen LogP contribution in [-0.4, -0.2) is 135 Å². The molecule has 0 aliphatic carbocycles. The van der Waals surface area contributed by atoms with Gasteiger partial charge in [0.15, 0.2) is 0 Å². The Labute approximate surface area is 169 Å². The van der Waals surface area contributed by atoms with Gasteiger partial charge in [-0.05, 0) is 6.92 Å². The van der Waals surface area contributed by atoms with Crippen LogP contribution < -0.4 is 0 Å². The summed E-state index contributed by atoms with van der Waals surface area (Å²) in [4.78, 5) is 13.0. The van der Waals surface area contributed by atoms with Crippen LogP contribution in [0.4, 0.5) is 0 Å². The molecule has 3 saturated heterocycles. The zero-order chi connectivity index (χ0) is 20.5. The van der Waals surface area contributed by atoms with Gasteiger partial charge in [0, 0.05) is 88.1 Å². The van der Waals surface area contributed by atoms with E-state index in [0.29, 0.717) is 6.54 Å². The average Bonchev–Trinajstić information content (AvgIpc) is 3.25. The van der Waals surface area contributed by atoms with E-state index in [1.165, 1.54) is 0 Å². The molecule has 3 aliphatic heterocycles. The van der Waals surface area contributed by atoms with Gasteiger partial charge < -0.3 is 29.4 Å². The molecule has 11 heteroatoms. The molecule has 0 bridgehead atoms. The van der Waals surface area contributed by atoms with Crippen molar-refractivity contribution < 1.29 is 0 Å². The van der Waals surface area contributed by atoms with Gasteiger partial charge in [-0.1, -0.05) is 0 Å². The Morgan fingerprint density at radius 2 is 0.821 bits per heavy atom. The van der Waals surface area contributed by atoms with Crippen LogP contribution in [0, 0.1) is 0 Å². The molecule has 3 aliphatic rings. The fourth-order valence-corrected chi connectivity index (χ4v) is 5.88. The van der Waals surface area contributed by atoms with Gasteiger partial charge in [0.05, 0.1) is 0 Å². The summed E-state index contributed by atoms with van der Waals surface area (Å²) in [6.07, 6.45) is 0. The van der Waals surface area contributed by atoms with E-state index in [-0.39, 0.29) is 0 Å². The van der Waals surface area contributed by atoms with Crippen molar-refractivity contribution >= 4 is 25.4 Å². The van der Waals surface area contributed by atoms with E-state index in [4.69, 9.17) is 19.0 Å². The van der Waals surface area contributed by atoms with Gasteiger partial charge in [0.1, 0.15) is 0 Å². The van der Waals surface area contributed by atoms with E-state index in [2.05, 4.69) is 71.7 Å². The second kappa shape index (κ2) is 8.19. The molecule has 0 spiro atoms. The van der Waals surface area contributed by atoms with E-state index >= 15 is 0 Å². The SMILES string of the molecule is CCN=P(N=C1N(C)CCN1C)(N=C1N(C)CCN1C)N=C1N(C)CCN1C. The van der Waals surface area contributed by atoms with Crippen molar-refractivity contribution in [2.24, 2.45) is 19.0 Å². The van der Waals surface area contributed by atoms with Crippen LogP contribution >= 0.6 is 7.51 Å². The second-order valence-corrected chi connectivity index (χ2v) is 9.68. The lowest BCUT2D eigenvalue weighted by atomic mass is 10.6. The quantitative estimate of drug-likeness (QED) is 0.634. The number of likely N-dealkylation sites (N-methyl/N-ethyl adjacent to an activating group) is 6. The zero-order valence-corrected chi connectivity index (χ0v) is 19.3. The van der Waals surface area contributed by atoms with Crippen molar-refractivity contribution in [3.8, 4) is 0 Å². The zero-order valence-electron chi connectivity index (χ0n) is 18.4. The summed E-state index contributed by atoms with van der Waals surface area (Å²) < 4.78 is 20.4. The second-order valence-electron chi connectivity index (χ2n) is 7.72. The Morgan fingerprint density at radius 3 is 1.04 bits per heavy atom. The van der Waals surface area contributed by atoms with Crippen LogP contribution in [-0.2, 0) is 0 Å². The van der Waals surface area contributed by atoms with Crippen LogP contribution in [0.3, 0.4) is 0 Å². The molecule has 0 aromatic heterocycles. The highest BCUT2D eigenvalue weighted by molar-refractivity contribution is 7.63. The Balaban J connectivity index is 2.19. The molecule has 158 valence electrons. The van der Waals surface area contributed by atoms with E-state index in [1.807, 2.05) is 6.92 Å². The Morgan fingerprint density at radius 1 is 0.571 bits per heavy atom. The first-order valence-electron chi connectivity index (χ1n) is 9.92. The van der Waals surface area contributed by atoms with Crippen molar-refractivity contribution in [1.29, 1.82) is 0 Å². The average molecular weight is 411 g/mol. The fraction of sp³-hybridized carbons (Fsp3) is 0.824. The van der Waals surface area contributed by atoms with Gasteiger partial charge >= 0.3 is 7.51 Å². The summed E-state index contributed by atoms with van der Waals surface area (Å²) >= 11 is 0. The summed E-state index contributed by atoms with van der Waals surface area (Å²) in [6.45, 7) is 8.39. The maximum absolute atomic E-state index is 5.15. The minimum absolute atomic E-state index is 0.631. The molecular formula is C17H35N10P. The Bertz CT molecular complexity index is 603. The minimum atomic E-state index is -2.73. The maximum Gasteiger partial charge on any atom is 0.309 e. The normalized spacial score (nSPS) is 20.8. The van der Waals surface area contributed by atoms with Gasteiger partial charge in [-0.2, -0.15) is 14.3 Å². The van der Waals surface area contributed by atoms with Crippen molar-refractivity contribution in [2.45, 2.75) is 6.92 Å². The van der Waals surface area contributed by atoms with Gasteiger partial charge in [-0.3, -0.25) is 0 Å². The summed E-state index contributed by atoms with van der Waals surface area (Å²) in [5.74, 6) is 2.77. The third kappa shape index (κ3) is 4.06. The third-order valence-corrected chi connectivity index (χ3v) is 7.37. The molecule has 0 aromatic carbocycles. The lowest BCUT2D eigenvalue weighted by molar-refractivity contribution is 0.553. The van der Waals surface area contributed by atoms with E-state index in [9.17, 15) is 0 Å². The van der Waals surface area contributed by atoms with Crippen LogP contribution in [0.1, 0.15) is 6.92 Å². The van der Waals surface area contributed by atoms with Gasteiger partial charge in [0.2, 0.25) is 17.9 Å². The first-order valence-corrected chi connectivity index (χ1v) is 11.5. The monoisotopic (exact) mass is 410 g/mol. The summed E-state index contributed by atoms with van der Waals surface area (Å²) in [6, 6.07) is 0. The van der Waals surface area contributed by atoms with Crippen LogP contribution in [0.15, 0.2) is 19.0 Å². The van der Waals surface area contributed by atoms with Gasteiger partial charge in [-0.25, -0.2) is 4.74 Å². The van der Waals surface area contributed by atoms with Crippen molar-refractivity contribution in [3.63, 3.8) is 0 Å². The molecule has 3 heterocycles. The predicted molar refractivity (Wildman–Crippen MR) is 118 cm³/mol. The lowest BCUT2D eigenvalue weighted by Crippen LogP contribution is -2.30. The van der Waals surface area contributed by atoms with Crippen molar-refractivity contribution in [1.82, 2.24) is 29.4 Å². The molecule has 0 radical (unpaired) electrons. The van der Waals surface area contributed by atoms with Crippen LogP contribution in [0.2, 0.25) is 0 Å². The minimum Gasteiger partial charge on any atom is -0.344 e. The topological polar surface area (TPSA) is 68.9 Å². The number of guanidine groups is 3. The molecular weight excluding hydrogens is 375 g/mol. The molecule has 0 amide bonds. The molecule has 0 saturated carbocycles. The van der Waals surface area contributed by atoms with Crippen molar-refractivity contribution in [2.75, 3.05) is 88.1 Å². The molecule has 10 nitrogen and oxygen atoms in total. The molecule has 3 rings (SSSR count). The van der Waals surface area contributed by atoms with E-state index < -0.39 is 7.51 Å². The fourth-order valence-electron chi connectivity index (χ4n) is 3.54. The molecule has 28 heavy (non-hydrogen) atoms. The largest absolute Gasteiger partial charge is 0.344 e. The highest BCUT2D eigenvalue weighted by atomic mass is 31.2. The highest BCUT2D eigenvalue weighted by Gasteiger charge is 2.32. The number of nitrogens with zero attached hydrogens (tertiary/aromatic N) is 10. The Hall–Kier alpha value is -1.96. The first kappa shape index (κ1) is 20.8. The predicted octanol–water partition coefficient (Wildman–Crippen LogP) is 0.652. The summed E-state index contributed by atoms with van der Waals surface area (Å²) in [5.41, 5.74) is 0. The molecule has 0 N–H and O–H groups in total. The molecule has 3 fully saturated rings. The smallest absolute Gasteiger partial charge is 0.309 e. The lowest BCUT2D eigenvalue weighted by Gasteiger charge is -2.24. The van der Waals surface area contributed by atoms with E-state index in [1.54, 1.807) is 0 Å². The number of hydrogen-bond donors (Lipinski definition) is 0. The summed E-state index contributed by atoms with van der Waals surface area (Å²) in [7, 11) is 9.72.